The van der Waals surface area contributed by atoms with Gasteiger partial charge in [0.05, 0.1) is 11.8 Å². The number of para-hydroxylation sites is 1. The first-order chi connectivity index (χ1) is 15.0. The third kappa shape index (κ3) is 3.31. The molecule has 0 bridgehead atoms. The summed E-state index contributed by atoms with van der Waals surface area (Å²) in [6, 6.07) is 15.2. The van der Waals surface area contributed by atoms with Gasteiger partial charge in [-0.05, 0) is 38.0 Å². The minimum atomic E-state index is -0.308. The summed E-state index contributed by atoms with van der Waals surface area (Å²) in [5.74, 6) is -0.308. The third-order valence-electron chi connectivity index (χ3n) is 5.95. The van der Waals surface area contributed by atoms with Crippen LogP contribution in [0.15, 0.2) is 53.3 Å². The lowest BCUT2D eigenvalue weighted by Gasteiger charge is -2.13. The van der Waals surface area contributed by atoms with Crippen molar-refractivity contribution in [2.24, 2.45) is 7.05 Å². The minimum Gasteiger partial charge on any atom is -0.376 e. The van der Waals surface area contributed by atoms with Gasteiger partial charge in [-0.3, -0.25) is 9.59 Å². The molecule has 1 aliphatic heterocycles. The SMILES string of the molecule is Cc1ccc(-n2nc(C(=O)NCC3CCCO3)c3c4ccccc4n(C)c3c2=O)cc1. The van der Waals surface area contributed by atoms with Gasteiger partial charge < -0.3 is 14.6 Å². The molecule has 3 heterocycles. The van der Waals surface area contributed by atoms with Crippen LogP contribution in [0.1, 0.15) is 28.9 Å². The van der Waals surface area contributed by atoms with E-state index in [1.54, 1.807) is 0 Å². The quantitative estimate of drug-likeness (QED) is 0.555. The number of benzene rings is 2. The highest BCUT2D eigenvalue weighted by Crippen LogP contribution is 2.28. The van der Waals surface area contributed by atoms with Crippen molar-refractivity contribution < 1.29 is 9.53 Å². The number of rotatable bonds is 4. The molecule has 1 atom stereocenters. The van der Waals surface area contributed by atoms with Crippen molar-refractivity contribution in [3.05, 3.63) is 70.1 Å². The Morgan fingerprint density at radius 1 is 1.19 bits per heavy atom. The fourth-order valence-corrected chi connectivity index (χ4v) is 4.29. The van der Waals surface area contributed by atoms with E-state index in [1.807, 2.05) is 67.1 Å². The highest BCUT2D eigenvalue weighted by molar-refractivity contribution is 6.16. The van der Waals surface area contributed by atoms with E-state index < -0.39 is 0 Å². The number of hydrogen-bond donors (Lipinski definition) is 1. The number of ether oxygens (including phenoxy) is 1. The summed E-state index contributed by atoms with van der Waals surface area (Å²) in [7, 11) is 1.85. The molecule has 158 valence electrons. The predicted molar refractivity (Wildman–Crippen MR) is 120 cm³/mol. The summed E-state index contributed by atoms with van der Waals surface area (Å²) in [4.78, 5) is 26.7. The van der Waals surface area contributed by atoms with Gasteiger partial charge in [0.15, 0.2) is 5.69 Å². The van der Waals surface area contributed by atoms with Gasteiger partial charge in [-0.25, -0.2) is 0 Å². The van der Waals surface area contributed by atoms with Crippen molar-refractivity contribution >= 4 is 27.7 Å². The highest BCUT2D eigenvalue weighted by atomic mass is 16.5. The van der Waals surface area contributed by atoms with E-state index in [2.05, 4.69) is 10.4 Å². The Balaban J connectivity index is 1.72. The molecule has 31 heavy (non-hydrogen) atoms. The van der Waals surface area contributed by atoms with E-state index in [0.29, 0.717) is 23.1 Å². The Morgan fingerprint density at radius 2 is 1.97 bits per heavy atom. The molecular formula is C24H24N4O3. The van der Waals surface area contributed by atoms with Gasteiger partial charge in [0, 0.05) is 36.5 Å². The molecule has 0 aliphatic carbocycles. The van der Waals surface area contributed by atoms with Crippen LogP contribution in [0.3, 0.4) is 0 Å². The first kappa shape index (κ1) is 19.5. The number of fused-ring (bicyclic) bond motifs is 3. The Kier molecular flexibility index (Phi) is 4.82. The molecule has 2 aromatic heterocycles. The van der Waals surface area contributed by atoms with Crippen LogP contribution in [-0.4, -0.2) is 39.5 Å². The number of nitrogens with zero attached hydrogens (tertiary/aromatic N) is 3. The molecule has 7 heteroatoms. The van der Waals surface area contributed by atoms with Crippen molar-refractivity contribution in [1.29, 1.82) is 0 Å². The van der Waals surface area contributed by atoms with Crippen LogP contribution in [0.2, 0.25) is 0 Å². The molecule has 0 spiro atoms. The van der Waals surface area contributed by atoms with Crippen LogP contribution in [0, 0.1) is 6.92 Å². The Labute approximate surface area is 179 Å². The van der Waals surface area contributed by atoms with Crippen LogP contribution in [0.25, 0.3) is 27.5 Å². The number of aromatic nitrogens is 3. The van der Waals surface area contributed by atoms with Gasteiger partial charge in [0.1, 0.15) is 5.52 Å². The smallest absolute Gasteiger partial charge is 0.296 e. The van der Waals surface area contributed by atoms with Crippen LogP contribution in [0.4, 0.5) is 0 Å². The largest absolute Gasteiger partial charge is 0.376 e. The number of nitrogens with one attached hydrogen (secondary N) is 1. The maximum atomic E-state index is 13.5. The molecule has 1 saturated heterocycles. The Hall–Kier alpha value is -3.45. The average molecular weight is 416 g/mol. The van der Waals surface area contributed by atoms with Crippen molar-refractivity contribution in [2.45, 2.75) is 25.9 Å². The van der Waals surface area contributed by atoms with Crippen molar-refractivity contribution in [1.82, 2.24) is 19.7 Å². The molecule has 1 unspecified atom stereocenters. The molecular weight excluding hydrogens is 392 g/mol. The van der Waals surface area contributed by atoms with E-state index in [9.17, 15) is 9.59 Å². The summed E-state index contributed by atoms with van der Waals surface area (Å²) in [5.41, 5.74) is 3.02. The summed E-state index contributed by atoms with van der Waals surface area (Å²) in [5, 5.41) is 8.93. The van der Waals surface area contributed by atoms with Crippen LogP contribution in [-0.2, 0) is 11.8 Å². The molecule has 1 fully saturated rings. The highest BCUT2D eigenvalue weighted by Gasteiger charge is 2.24. The number of carbonyl (C=O) groups excluding carboxylic acids is 1. The number of carbonyl (C=O) groups is 1. The van der Waals surface area contributed by atoms with E-state index >= 15 is 0 Å². The predicted octanol–water partition coefficient (Wildman–Crippen LogP) is 3.09. The second-order valence-electron chi connectivity index (χ2n) is 8.05. The lowest BCUT2D eigenvalue weighted by molar-refractivity contribution is 0.0854. The van der Waals surface area contributed by atoms with Gasteiger partial charge in [0.25, 0.3) is 11.5 Å². The summed E-state index contributed by atoms with van der Waals surface area (Å²) in [6.07, 6.45) is 1.96. The summed E-state index contributed by atoms with van der Waals surface area (Å²) >= 11 is 0. The Bertz CT molecular complexity index is 1350. The minimum absolute atomic E-state index is 0.0231. The van der Waals surface area contributed by atoms with Crippen molar-refractivity contribution in [3.8, 4) is 5.69 Å². The topological polar surface area (TPSA) is 78.2 Å². The first-order valence-corrected chi connectivity index (χ1v) is 10.5. The number of amides is 1. The van der Waals surface area contributed by atoms with Gasteiger partial charge in [0.2, 0.25) is 0 Å². The molecule has 7 nitrogen and oxygen atoms in total. The van der Waals surface area contributed by atoms with Crippen molar-refractivity contribution in [3.63, 3.8) is 0 Å². The molecule has 1 aliphatic rings. The molecule has 1 amide bonds. The van der Waals surface area contributed by atoms with E-state index in [1.165, 1.54) is 4.68 Å². The summed E-state index contributed by atoms with van der Waals surface area (Å²) < 4.78 is 8.79. The van der Waals surface area contributed by atoms with E-state index in [0.717, 1.165) is 35.9 Å². The molecule has 5 rings (SSSR count). The zero-order chi connectivity index (χ0) is 21.5. The molecule has 2 aromatic carbocycles. The van der Waals surface area contributed by atoms with Crippen LogP contribution in [0.5, 0.6) is 0 Å². The fourth-order valence-electron chi connectivity index (χ4n) is 4.29. The maximum Gasteiger partial charge on any atom is 0.296 e. The summed E-state index contributed by atoms with van der Waals surface area (Å²) in [6.45, 7) is 3.14. The average Bonchev–Trinajstić information content (AvgIpc) is 3.40. The van der Waals surface area contributed by atoms with Crippen LogP contribution < -0.4 is 10.9 Å². The van der Waals surface area contributed by atoms with Gasteiger partial charge in [-0.15, -0.1) is 0 Å². The van der Waals surface area contributed by atoms with Crippen molar-refractivity contribution in [2.75, 3.05) is 13.2 Å². The maximum absolute atomic E-state index is 13.5. The van der Waals surface area contributed by atoms with Gasteiger partial charge >= 0.3 is 0 Å². The van der Waals surface area contributed by atoms with Gasteiger partial charge in [-0.2, -0.15) is 9.78 Å². The normalized spacial score (nSPS) is 16.3. The number of aryl methyl sites for hydroxylation is 2. The third-order valence-corrected chi connectivity index (χ3v) is 5.95. The second-order valence-corrected chi connectivity index (χ2v) is 8.05. The fraction of sp³-hybridized carbons (Fsp3) is 0.292. The zero-order valence-corrected chi connectivity index (χ0v) is 17.6. The lowest BCUT2D eigenvalue weighted by atomic mass is 10.1. The standard InChI is InChI=1S/C24H24N4O3/c1-15-9-11-16(12-10-15)28-24(30)22-20(18-7-3-4-8-19(18)27(22)2)21(26-28)23(29)25-14-17-6-5-13-31-17/h3-4,7-12,17H,5-6,13-14H2,1-2H3,(H,25,29). The monoisotopic (exact) mass is 416 g/mol. The van der Waals surface area contributed by atoms with E-state index in [-0.39, 0.29) is 23.3 Å². The van der Waals surface area contributed by atoms with E-state index in [4.69, 9.17) is 4.74 Å². The Morgan fingerprint density at radius 3 is 2.71 bits per heavy atom. The second kappa shape index (κ2) is 7.67. The molecule has 0 saturated carbocycles. The zero-order valence-electron chi connectivity index (χ0n) is 17.6. The first-order valence-electron chi connectivity index (χ1n) is 10.5. The molecule has 0 radical (unpaired) electrons. The molecule has 1 N–H and O–H groups in total. The van der Waals surface area contributed by atoms with Crippen LogP contribution >= 0.6 is 0 Å². The molecule has 4 aromatic rings. The number of hydrogen-bond acceptors (Lipinski definition) is 4. The van der Waals surface area contributed by atoms with Gasteiger partial charge in [-0.1, -0.05) is 35.9 Å². The lowest BCUT2D eigenvalue weighted by Crippen LogP contribution is -2.34.